The summed E-state index contributed by atoms with van der Waals surface area (Å²) in [6.07, 6.45) is 2.81. The largest absolute Gasteiger partial charge is 0.370 e. The van der Waals surface area contributed by atoms with Crippen molar-refractivity contribution in [3.63, 3.8) is 0 Å². The van der Waals surface area contributed by atoms with Crippen molar-refractivity contribution < 1.29 is 9.47 Å². The Morgan fingerprint density at radius 2 is 1.93 bits per heavy atom. The van der Waals surface area contributed by atoms with Gasteiger partial charge in [-0.05, 0) is 24.3 Å². The molecule has 2 aliphatic rings. The molecule has 15 heavy (non-hydrogen) atoms. The topological polar surface area (TPSA) is 21.8 Å². The van der Waals surface area contributed by atoms with Gasteiger partial charge >= 0.3 is 0 Å². The van der Waals surface area contributed by atoms with Gasteiger partial charge in [-0.15, -0.1) is 0 Å². The van der Waals surface area contributed by atoms with Gasteiger partial charge in [-0.3, -0.25) is 0 Å². The Balaban J connectivity index is 2.01. The fourth-order valence-electron chi connectivity index (χ4n) is 2.61. The lowest BCUT2D eigenvalue weighted by Crippen LogP contribution is -2.37. The number of benzene rings is 1. The highest BCUT2D eigenvalue weighted by Crippen LogP contribution is 2.53. The van der Waals surface area contributed by atoms with Crippen molar-refractivity contribution in [1.29, 1.82) is 0 Å². The second-order valence-corrected chi connectivity index (χ2v) is 4.46. The molecule has 1 saturated heterocycles. The van der Waals surface area contributed by atoms with Crippen LogP contribution in [0.25, 0.3) is 0 Å². The van der Waals surface area contributed by atoms with Crippen molar-refractivity contribution in [2.75, 3.05) is 13.7 Å². The van der Waals surface area contributed by atoms with Crippen LogP contribution in [0.15, 0.2) is 30.3 Å². The fraction of sp³-hybridized carbons (Fsp3) is 0.538. The Kier molecular flexibility index (Phi) is 2.08. The monoisotopic (exact) mass is 204 g/mol. The van der Waals surface area contributed by atoms with E-state index in [1.807, 2.05) is 13.2 Å². The molecular formula is C13H16O2. The van der Waals surface area contributed by atoms with Crippen LogP contribution in [0, 0.1) is 5.92 Å². The van der Waals surface area contributed by atoms with Crippen molar-refractivity contribution in [2.45, 2.75) is 24.5 Å². The van der Waals surface area contributed by atoms with Gasteiger partial charge < -0.3 is 9.47 Å². The van der Waals surface area contributed by atoms with Gasteiger partial charge in [-0.1, -0.05) is 30.3 Å². The molecule has 1 saturated carbocycles. The van der Waals surface area contributed by atoms with Gasteiger partial charge in [0.2, 0.25) is 0 Å². The maximum Gasteiger partial charge on any atom is 0.124 e. The molecule has 2 heteroatoms. The molecule has 3 rings (SSSR count). The molecular weight excluding hydrogens is 188 g/mol. The van der Waals surface area contributed by atoms with Crippen molar-refractivity contribution in [3.8, 4) is 0 Å². The normalized spacial score (nSPS) is 28.5. The molecule has 1 heterocycles. The quantitative estimate of drug-likeness (QED) is 0.702. The van der Waals surface area contributed by atoms with E-state index >= 15 is 0 Å². The zero-order valence-electron chi connectivity index (χ0n) is 8.98. The number of hydrogen-bond donors (Lipinski definition) is 0. The fourth-order valence-corrected chi connectivity index (χ4v) is 2.61. The summed E-state index contributed by atoms with van der Waals surface area (Å²) in [4.78, 5) is 0. The van der Waals surface area contributed by atoms with Crippen LogP contribution in [0.5, 0.6) is 0 Å². The predicted molar refractivity (Wildman–Crippen MR) is 57.6 cm³/mol. The molecule has 2 atom stereocenters. The predicted octanol–water partition coefficient (Wildman–Crippen LogP) is 2.34. The second kappa shape index (κ2) is 3.32. The van der Waals surface area contributed by atoms with Crippen LogP contribution in [0.2, 0.25) is 0 Å². The third-order valence-electron chi connectivity index (χ3n) is 3.56. The summed E-state index contributed by atoms with van der Waals surface area (Å²) >= 11 is 0. The summed E-state index contributed by atoms with van der Waals surface area (Å²) in [5.74, 6) is 0.650. The van der Waals surface area contributed by atoms with Gasteiger partial charge in [-0.25, -0.2) is 0 Å². The molecule has 0 amide bonds. The standard InChI is InChI=1S/C13H16O2/c1-14-13(11-7-8-11,12-9-15-12)10-5-3-2-4-6-10/h2-6,11-12H,7-9H2,1H3/t12-,13?/m1/s1. The van der Waals surface area contributed by atoms with Crippen molar-refractivity contribution in [2.24, 2.45) is 5.92 Å². The van der Waals surface area contributed by atoms with Crippen molar-refractivity contribution in [1.82, 2.24) is 0 Å². The first-order valence-electron chi connectivity index (χ1n) is 5.60. The van der Waals surface area contributed by atoms with Crippen LogP contribution in [0.3, 0.4) is 0 Å². The summed E-state index contributed by atoms with van der Waals surface area (Å²) in [6, 6.07) is 10.5. The van der Waals surface area contributed by atoms with E-state index in [-0.39, 0.29) is 11.7 Å². The molecule has 0 N–H and O–H groups in total. The van der Waals surface area contributed by atoms with Crippen LogP contribution in [0.4, 0.5) is 0 Å². The maximum absolute atomic E-state index is 5.85. The zero-order chi connectivity index (χ0) is 10.3. The summed E-state index contributed by atoms with van der Waals surface area (Å²) in [7, 11) is 1.81. The van der Waals surface area contributed by atoms with Crippen LogP contribution >= 0.6 is 0 Å². The molecule has 2 fully saturated rings. The molecule has 2 nitrogen and oxygen atoms in total. The summed E-state index contributed by atoms with van der Waals surface area (Å²) < 4.78 is 11.3. The Bertz CT molecular complexity index is 327. The SMILES string of the molecule is COC(c1ccccc1)(C1CC1)[C@H]1CO1. The third-order valence-corrected chi connectivity index (χ3v) is 3.56. The minimum Gasteiger partial charge on any atom is -0.370 e. The van der Waals surface area contributed by atoms with E-state index in [1.54, 1.807) is 0 Å². The van der Waals surface area contributed by atoms with Crippen molar-refractivity contribution >= 4 is 0 Å². The Morgan fingerprint density at radius 3 is 2.40 bits per heavy atom. The first-order valence-corrected chi connectivity index (χ1v) is 5.60. The van der Waals surface area contributed by atoms with E-state index in [2.05, 4.69) is 24.3 Å². The van der Waals surface area contributed by atoms with Gasteiger partial charge in [0.1, 0.15) is 11.7 Å². The van der Waals surface area contributed by atoms with Crippen LogP contribution in [-0.4, -0.2) is 19.8 Å². The molecule has 0 radical (unpaired) electrons. The van der Waals surface area contributed by atoms with E-state index in [4.69, 9.17) is 9.47 Å². The van der Waals surface area contributed by atoms with Crippen LogP contribution < -0.4 is 0 Å². The summed E-state index contributed by atoms with van der Waals surface area (Å²) in [5.41, 5.74) is 1.11. The van der Waals surface area contributed by atoms with Gasteiger partial charge in [0, 0.05) is 7.11 Å². The number of ether oxygens (including phenoxy) is 2. The lowest BCUT2D eigenvalue weighted by atomic mass is 9.85. The van der Waals surface area contributed by atoms with Gasteiger partial charge in [0.05, 0.1) is 6.61 Å². The molecule has 1 aliphatic heterocycles. The number of methoxy groups -OCH3 is 1. The van der Waals surface area contributed by atoms with Crippen LogP contribution in [-0.2, 0) is 15.1 Å². The Labute approximate surface area is 90.2 Å². The second-order valence-electron chi connectivity index (χ2n) is 4.46. The number of hydrogen-bond acceptors (Lipinski definition) is 2. The maximum atomic E-state index is 5.85. The van der Waals surface area contributed by atoms with E-state index in [0.29, 0.717) is 5.92 Å². The van der Waals surface area contributed by atoms with E-state index < -0.39 is 0 Å². The first-order chi connectivity index (χ1) is 7.38. The molecule has 1 aromatic carbocycles. The molecule has 0 spiro atoms. The van der Waals surface area contributed by atoms with Gasteiger partial charge in [0.25, 0.3) is 0 Å². The van der Waals surface area contributed by atoms with Crippen LogP contribution in [0.1, 0.15) is 18.4 Å². The lowest BCUT2D eigenvalue weighted by molar-refractivity contribution is -0.0562. The van der Waals surface area contributed by atoms with E-state index in [9.17, 15) is 0 Å². The average molecular weight is 204 g/mol. The molecule has 1 unspecified atom stereocenters. The highest BCUT2D eigenvalue weighted by Gasteiger charge is 2.57. The number of rotatable bonds is 4. The Morgan fingerprint density at radius 1 is 1.27 bits per heavy atom. The summed E-state index contributed by atoms with van der Waals surface area (Å²) in [5, 5.41) is 0. The molecule has 0 aromatic heterocycles. The lowest BCUT2D eigenvalue weighted by Gasteiger charge is -2.31. The Hall–Kier alpha value is -0.860. The molecule has 80 valence electrons. The highest BCUT2D eigenvalue weighted by molar-refractivity contribution is 5.28. The first kappa shape index (κ1) is 9.37. The minimum absolute atomic E-state index is 0.165. The minimum atomic E-state index is -0.165. The summed E-state index contributed by atoms with van der Waals surface area (Å²) in [6.45, 7) is 0.846. The molecule has 1 aromatic rings. The highest BCUT2D eigenvalue weighted by atomic mass is 16.6. The third kappa shape index (κ3) is 1.40. The molecule has 1 aliphatic carbocycles. The van der Waals surface area contributed by atoms with Gasteiger partial charge in [-0.2, -0.15) is 0 Å². The average Bonchev–Trinajstić information content (AvgIpc) is 3.15. The van der Waals surface area contributed by atoms with Gasteiger partial charge in [0.15, 0.2) is 0 Å². The zero-order valence-corrected chi connectivity index (χ0v) is 8.98. The van der Waals surface area contributed by atoms with E-state index in [0.717, 1.165) is 6.61 Å². The number of epoxide rings is 1. The van der Waals surface area contributed by atoms with E-state index in [1.165, 1.54) is 18.4 Å². The van der Waals surface area contributed by atoms with Crippen molar-refractivity contribution in [3.05, 3.63) is 35.9 Å². The smallest absolute Gasteiger partial charge is 0.124 e. The molecule has 0 bridgehead atoms.